The first kappa shape index (κ1) is 16.0. The van der Waals surface area contributed by atoms with Crippen LogP contribution < -0.4 is 5.32 Å². The highest BCUT2D eigenvalue weighted by Gasteiger charge is 2.25. The van der Waals surface area contributed by atoms with Crippen LogP contribution >= 0.6 is 11.3 Å². The van der Waals surface area contributed by atoms with Crippen molar-refractivity contribution in [2.75, 3.05) is 19.6 Å². The number of nitrogens with zero attached hydrogens (tertiary/aromatic N) is 1. The lowest BCUT2D eigenvalue weighted by Gasteiger charge is -2.36. The first-order valence-electron chi connectivity index (χ1n) is 8.26. The Morgan fingerprint density at radius 3 is 2.65 bits per heavy atom. The average Bonchev–Trinajstić information content (AvgIpc) is 3.01. The number of hydrogen-bond acceptors (Lipinski definition) is 3. The third-order valence-corrected chi connectivity index (χ3v) is 5.70. The quantitative estimate of drug-likeness (QED) is 0.806. The fraction of sp³-hybridized carbons (Fsp3) is 0.765. The highest BCUT2D eigenvalue weighted by atomic mass is 32.1. The molecule has 1 N–H and O–H groups in total. The lowest BCUT2D eigenvalue weighted by atomic mass is 9.89. The third-order valence-electron chi connectivity index (χ3n) is 4.71. The van der Waals surface area contributed by atoms with Crippen molar-refractivity contribution < 1.29 is 0 Å². The van der Waals surface area contributed by atoms with E-state index in [0.717, 1.165) is 5.92 Å². The van der Waals surface area contributed by atoms with Gasteiger partial charge in [0.2, 0.25) is 0 Å². The van der Waals surface area contributed by atoms with Crippen molar-refractivity contribution in [3.05, 3.63) is 22.4 Å². The summed E-state index contributed by atoms with van der Waals surface area (Å²) in [4.78, 5) is 4.08. The molecule has 20 heavy (non-hydrogen) atoms. The molecule has 0 amide bonds. The van der Waals surface area contributed by atoms with Gasteiger partial charge in [0.25, 0.3) is 0 Å². The first-order valence-corrected chi connectivity index (χ1v) is 9.14. The Hall–Kier alpha value is -0.380. The molecule has 1 aliphatic heterocycles. The van der Waals surface area contributed by atoms with E-state index in [0.29, 0.717) is 12.1 Å². The molecule has 2 rings (SSSR count). The molecule has 0 aliphatic carbocycles. The van der Waals surface area contributed by atoms with Crippen LogP contribution in [0.2, 0.25) is 0 Å². The zero-order valence-electron chi connectivity index (χ0n) is 13.3. The molecule has 1 saturated heterocycles. The summed E-state index contributed by atoms with van der Waals surface area (Å²) in [5.41, 5.74) is 0. The number of piperidine rings is 1. The van der Waals surface area contributed by atoms with Crippen molar-refractivity contribution >= 4 is 11.3 Å². The number of hydrogen-bond donors (Lipinski definition) is 1. The van der Waals surface area contributed by atoms with Crippen LogP contribution in [0.3, 0.4) is 0 Å². The summed E-state index contributed by atoms with van der Waals surface area (Å²) in [6, 6.07) is 5.64. The molecular formula is C17H30N2S. The molecule has 1 aromatic rings. The summed E-state index contributed by atoms with van der Waals surface area (Å²) in [6.07, 6.45) is 5.20. The summed E-state index contributed by atoms with van der Waals surface area (Å²) < 4.78 is 0. The van der Waals surface area contributed by atoms with Gasteiger partial charge in [-0.15, -0.1) is 11.3 Å². The number of rotatable bonds is 7. The van der Waals surface area contributed by atoms with Crippen LogP contribution in [0.25, 0.3) is 0 Å². The predicted molar refractivity (Wildman–Crippen MR) is 89.4 cm³/mol. The van der Waals surface area contributed by atoms with Crippen LogP contribution in [0.4, 0.5) is 0 Å². The molecule has 0 aromatic carbocycles. The molecule has 0 saturated carbocycles. The Bertz CT molecular complexity index is 355. The second kappa shape index (κ2) is 8.16. The van der Waals surface area contributed by atoms with Crippen LogP contribution in [0, 0.1) is 5.92 Å². The Labute approximate surface area is 128 Å². The van der Waals surface area contributed by atoms with Gasteiger partial charge in [-0.05, 0) is 63.2 Å². The first-order chi connectivity index (χ1) is 9.74. The molecule has 2 heterocycles. The molecule has 2 unspecified atom stereocenters. The van der Waals surface area contributed by atoms with Crippen LogP contribution in [0.1, 0.15) is 57.4 Å². The summed E-state index contributed by atoms with van der Waals surface area (Å²) in [5, 5.41) is 6.11. The largest absolute Gasteiger partial charge is 0.306 e. The van der Waals surface area contributed by atoms with Gasteiger partial charge in [0.15, 0.2) is 0 Å². The minimum Gasteiger partial charge on any atom is -0.306 e. The van der Waals surface area contributed by atoms with E-state index >= 15 is 0 Å². The van der Waals surface area contributed by atoms with Gasteiger partial charge in [-0.25, -0.2) is 0 Å². The molecule has 0 bridgehead atoms. The summed E-state index contributed by atoms with van der Waals surface area (Å²) in [5.74, 6) is 0.845. The third kappa shape index (κ3) is 4.31. The second-order valence-corrected chi connectivity index (χ2v) is 7.06. The molecular weight excluding hydrogens is 264 g/mol. The van der Waals surface area contributed by atoms with Gasteiger partial charge in [0.1, 0.15) is 0 Å². The van der Waals surface area contributed by atoms with E-state index in [1.807, 2.05) is 11.3 Å². The Kier molecular flexibility index (Phi) is 6.53. The minimum absolute atomic E-state index is 0.555. The lowest BCUT2D eigenvalue weighted by molar-refractivity contribution is 0.163. The van der Waals surface area contributed by atoms with Crippen LogP contribution in [-0.2, 0) is 0 Å². The van der Waals surface area contributed by atoms with E-state index in [9.17, 15) is 0 Å². The van der Waals surface area contributed by atoms with E-state index in [1.165, 1.54) is 50.2 Å². The van der Waals surface area contributed by atoms with E-state index in [1.54, 1.807) is 0 Å². The van der Waals surface area contributed by atoms with Crippen molar-refractivity contribution in [2.24, 2.45) is 5.92 Å². The summed E-state index contributed by atoms with van der Waals surface area (Å²) in [7, 11) is 0. The second-order valence-electron chi connectivity index (χ2n) is 6.08. The van der Waals surface area contributed by atoms with Crippen LogP contribution in [0.15, 0.2) is 17.5 Å². The topological polar surface area (TPSA) is 15.3 Å². The smallest absolute Gasteiger partial charge is 0.0416 e. The summed E-state index contributed by atoms with van der Waals surface area (Å²) in [6.45, 7) is 10.7. The molecule has 1 aromatic heterocycles. The molecule has 2 nitrogen and oxygen atoms in total. The van der Waals surface area contributed by atoms with Gasteiger partial charge >= 0.3 is 0 Å². The highest BCUT2D eigenvalue weighted by molar-refractivity contribution is 7.10. The maximum absolute atomic E-state index is 3.91. The zero-order valence-corrected chi connectivity index (χ0v) is 14.1. The number of likely N-dealkylation sites (tertiary alicyclic amines) is 1. The number of nitrogens with one attached hydrogen (secondary N) is 1. The average molecular weight is 295 g/mol. The van der Waals surface area contributed by atoms with Gasteiger partial charge < -0.3 is 10.2 Å². The zero-order chi connectivity index (χ0) is 14.4. The molecule has 0 radical (unpaired) electrons. The van der Waals surface area contributed by atoms with Crippen molar-refractivity contribution in [3.8, 4) is 0 Å². The van der Waals surface area contributed by atoms with E-state index in [4.69, 9.17) is 0 Å². The van der Waals surface area contributed by atoms with E-state index in [-0.39, 0.29) is 0 Å². The van der Waals surface area contributed by atoms with Gasteiger partial charge in [-0.3, -0.25) is 0 Å². The monoisotopic (exact) mass is 294 g/mol. The normalized spacial score (nSPS) is 20.9. The molecule has 114 valence electrons. The van der Waals surface area contributed by atoms with Gasteiger partial charge in [-0.1, -0.05) is 26.3 Å². The Morgan fingerprint density at radius 1 is 1.35 bits per heavy atom. The number of thiophene rings is 1. The van der Waals surface area contributed by atoms with Crippen molar-refractivity contribution in [2.45, 2.75) is 58.5 Å². The van der Waals surface area contributed by atoms with Gasteiger partial charge in [0, 0.05) is 17.0 Å². The van der Waals surface area contributed by atoms with Crippen molar-refractivity contribution in [1.29, 1.82) is 0 Å². The minimum atomic E-state index is 0.555. The van der Waals surface area contributed by atoms with E-state index < -0.39 is 0 Å². The fourth-order valence-corrected chi connectivity index (χ4v) is 4.13. The Balaban J connectivity index is 1.87. The maximum atomic E-state index is 3.91. The Morgan fingerprint density at radius 2 is 2.10 bits per heavy atom. The van der Waals surface area contributed by atoms with Crippen molar-refractivity contribution in [3.63, 3.8) is 0 Å². The summed E-state index contributed by atoms with van der Waals surface area (Å²) >= 11 is 1.89. The van der Waals surface area contributed by atoms with E-state index in [2.05, 4.69) is 48.5 Å². The fourth-order valence-electron chi connectivity index (χ4n) is 3.31. The van der Waals surface area contributed by atoms with Gasteiger partial charge in [-0.2, -0.15) is 0 Å². The molecule has 1 aliphatic rings. The van der Waals surface area contributed by atoms with Crippen LogP contribution in [0.5, 0.6) is 0 Å². The molecule has 2 atom stereocenters. The van der Waals surface area contributed by atoms with Crippen molar-refractivity contribution in [1.82, 2.24) is 10.2 Å². The van der Waals surface area contributed by atoms with Crippen LogP contribution in [-0.4, -0.2) is 30.6 Å². The maximum Gasteiger partial charge on any atom is 0.0416 e. The predicted octanol–water partition coefficient (Wildman–Crippen LogP) is 4.30. The molecule has 1 fully saturated rings. The SMILES string of the molecule is CCCC(NC(C)C1CCN(CC)CC1)c1cccs1. The molecule has 3 heteroatoms. The standard InChI is InChI=1S/C17H30N2S/c1-4-7-16(17-8-6-13-20-17)18-14(3)15-9-11-19(5-2)12-10-15/h6,8,13-16,18H,4-5,7,9-12H2,1-3H3. The lowest BCUT2D eigenvalue weighted by Crippen LogP contribution is -2.42. The molecule has 0 spiro atoms. The van der Waals surface area contributed by atoms with Gasteiger partial charge in [0.05, 0.1) is 0 Å². The highest BCUT2D eigenvalue weighted by Crippen LogP contribution is 2.27.